The molecule has 0 heterocycles. The van der Waals surface area contributed by atoms with E-state index in [9.17, 15) is 14.9 Å². The second kappa shape index (κ2) is 11.6. The fourth-order valence-electron chi connectivity index (χ4n) is 2.41. The molecule has 0 amide bonds. The van der Waals surface area contributed by atoms with Crippen molar-refractivity contribution >= 4 is 11.7 Å². The van der Waals surface area contributed by atoms with Gasteiger partial charge in [-0.3, -0.25) is 10.1 Å². The number of benzene rings is 1. The maximum Gasteiger partial charge on any atom is 0.338 e. The zero-order valence-corrected chi connectivity index (χ0v) is 14.6. The third-order valence-corrected chi connectivity index (χ3v) is 3.88. The van der Waals surface area contributed by atoms with E-state index in [-0.39, 0.29) is 12.3 Å². The third kappa shape index (κ3) is 8.06. The van der Waals surface area contributed by atoms with Crippen LogP contribution in [0.15, 0.2) is 24.3 Å². The molecule has 0 aliphatic rings. The zero-order chi connectivity index (χ0) is 17.8. The minimum absolute atomic E-state index is 0.0408. The monoisotopic (exact) mass is 336 g/mol. The van der Waals surface area contributed by atoms with E-state index in [1.54, 1.807) is 0 Å². The smallest absolute Gasteiger partial charge is 0.338 e. The summed E-state index contributed by atoms with van der Waals surface area (Å²) >= 11 is 0. The molecule has 6 nitrogen and oxygen atoms in total. The maximum atomic E-state index is 11.8. The number of nitrogens with zero attached hydrogens (tertiary/aromatic N) is 1. The lowest BCUT2D eigenvalue weighted by Crippen LogP contribution is -2.30. The molecule has 0 aromatic heterocycles. The summed E-state index contributed by atoms with van der Waals surface area (Å²) in [6.07, 6.45) is 7.48. The number of carbonyl (C=O) groups is 1. The molecule has 0 saturated heterocycles. The van der Waals surface area contributed by atoms with Crippen molar-refractivity contribution in [3.05, 3.63) is 39.9 Å². The molecule has 24 heavy (non-hydrogen) atoms. The van der Waals surface area contributed by atoms with E-state index in [0.717, 1.165) is 6.42 Å². The average Bonchev–Trinajstić information content (AvgIpc) is 2.58. The molecule has 1 aromatic rings. The number of rotatable bonds is 12. The Morgan fingerprint density at radius 3 is 2.50 bits per heavy atom. The Hall–Kier alpha value is -1.95. The molecule has 0 saturated carbocycles. The predicted molar refractivity (Wildman–Crippen MR) is 94.2 cm³/mol. The standard InChI is InChI=1S/C18H28N2O4/c1-3-4-5-6-7-8-15(2)19-13-14-24-18(21)16-9-11-17(12-10-16)20(22)23/h9-12,15,19H,3-8,13-14H2,1-2H3/t15-/m1/s1. The van der Waals surface area contributed by atoms with Crippen LogP contribution in [0.1, 0.15) is 62.7 Å². The number of nitro groups is 1. The van der Waals surface area contributed by atoms with Crippen molar-refractivity contribution in [2.45, 2.75) is 58.4 Å². The van der Waals surface area contributed by atoms with Gasteiger partial charge in [-0.1, -0.05) is 39.0 Å². The van der Waals surface area contributed by atoms with Crippen LogP contribution in [0, 0.1) is 10.1 Å². The molecule has 0 aliphatic carbocycles. The van der Waals surface area contributed by atoms with Crippen LogP contribution in [0.25, 0.3) is 0 Å². The van der Waals surface area contributed by atoms with E-state index in [4.69, 9.17) is 4.74 Å². The van der Waals surface area contributed by atoms with Crippen molar-refractivity contribution in [3.8, 4) is 0 Å². The molecule has 0 bridgehead atoms. The fourth-order valence-corrected chi connectivity index (χ4v) is 2.41. The molecule has 1 atom stereocenters. The first kappa shape index (κ1) is 20.1. The molecule has 0 unspecified atom stereocenters. The molecule has 6 heteroatoms. The summed E-state index contributed by atoms with van der Waals surface area (Å²) in [5.41, 5.74) is 0.283. The van der Waals surface area contributed by atoms with Crippen molar-refractivity contribution in [2.24, 2.45) is 0 Å². The minimum atomic E-state index is -0.497. The third-order valence-electron chi connectivity index (χ3n) is 3.88. The van der Waals surface area contributed by atoms with Gasteiger partial charge in [-0.2, -0.15) is 0 Å². The number of non-ortho nitro benzene ring substituents is 1. The highest BCUT2D eigenvalue weighted by molar-refractivity contribution is 5.89. The van der Waals surface area contributed by atoms with Gasteiger partial charge in [0.1, 0.15) is 6.61 Å². The highest BCUT2D eigenvalue weighted by Crippen LogP contribution is 2.12. The van der Waals surface area contributed by atoms with Crippen molar-refractivity contribution in [3.63, 3.8) is 0 Å². The Labute approximate surface area is 143 Å². The van der Waals surface area contributed by atoms with Crippen LogP contribution in [0.5, 0.6) is 0 Å². The van der Waals surface area contributed by atoms with Crippen LogP contribution in [-0.2, 0) is 4.74 Å². The summed E-state index contributed by atoms with van der Waals surface area (Å²) in [6, 6.07) is 5.83. The first-order valence-corrected chi connectivity index (χ1v) is 8.69. The van der Waals surface area contributed by atoms with Gasteiger partial charge in [0.25, 0.3) is 5.69 Å². The number of carbonyl (C=O) groups excluding carboxylic acids is 1. The van der Waals surface area contributed by atoms with Crippen LogP contribution in [0.4, 0.5) is 5.69 Å². The van der Waals surface area contributed by atoms with Gasteiger partial charge < -0.3 is 10.1 Å². The maximum absolute atomic E-state index is 11.8. The Morgan fingerprint density at radius 2 is 1.88 bits per heavy atom. The number of unbranched alkanes of at least 4 members (excludes halogenated alkanes) is 4. The molecular formula is C18H28N2O4. The normalized spacial score (nSPS) is 11.9. The molecule has 1 N–H and O–H groups in total. The molecule has 0 radical (unpaired) electrons. The van der Waals surface area contributed by atoms with Crippen molar-refractivity contribution in [1.82, 2.24) is 5.32 Å². The Kier molecular flexibility index (Phi) is 9.68. The number of hydrogen-bond acceptors (Lipinski definition) is 5. The van der Waals surface area contributed by atoms with Gasteiger partial charge >= 0.3 is 5.97 Å². The van der Waals surface area contributed by atoms with E-state index in [2.05, 4.69) is 19.2 Å². The van der Waals surface area contributed by atoms with Crippen molar-refractivity contribution in [1.29, 1.82) is 0 Å². The Bertz CT molecular complexity index is 502. The molecule has 0 aliphatic heterocycles. The first-order chi connectivity index (χ1) is 11.5. The summed E-state index contributed by atoms with van der Waals surface area (Å²) in [4.78, 5) is 21.9. The number of nitro benzene ring substituents is 1. The van der Waals surface area contributed by atoms with Gasteiger partial charge in [0.05, 0.1) is 10.5 Å². The first-order valence-electron chi connectivity index (χ1n) is 8.69. The highest BCUT2D eigenvalue weighted by Gasteiger charge is 2.10. The highest BCUT2D eigenvalue weighted by atomic mass is 16.6. The van der Waals surface area contributed by atoms with Crippen LogP contribution >= 0.6 is 0 Å². The lowest BCUT2D eigenvalue weighted by atomic mass is 10.1. The van der Waals surface area contributed by atoms with Gasteiger partial charge in [0, 0.05) is 24.7 Å². The lowest BCUT2D eigenvalue weighted by Gasteiger charge is -2.13. The number of esters is 1. The summed E-state index contributed by atoms with van der Waals surface area (Å²) in [6.45, 7) is 5.24. The number of hydrogen-bond donors (Lipinski definition) is 1. The molecule has 0 fully saturated rings. The van der Waals surface area contributed by atoms with Crippen LogP contribution < -0.4 is 5.32 Å². The molecule has 1 aromatic carbocycles. The SMILES string of the molecule is CCCCCCC[C@@H](C)NCCOC(=O)c1ccc([N+](=O)[O-])cc1. The van der Waals surface area contributed by atoms with Crippen LogP contribution in [-0.4, -0.2) is 30.1 Å². The van der Waals surface area contributed by atoms with Gasteiger partial charge in [-0.15, -0.1) is 0 Å². The quantitative estimate of drug-likeness (QED) is 0.269. The fraction of sp³-hybridized carbons (Fsp3) is 0.611. The predicted octanol–water partition coefficient (Wildman–Crippen LogP) is 4.09. The number of ether oxygens (including phenoxy) is 1. The van der Waals surface area contributed by atoms with E-state index in [0.29, 0.717) is 18.2 Å². The average molecular weight is 336 g/mol. The van der Waals surface area contributed by atoms with Crippen molar-refractivity contribution in [2.75, 3.05) is 13.2 Å². The number of nitrogens with one attached hydrogen (secondary N) is 1. The van der Waals surface area contributed by atoms with Gasteiger partial charge in [-0.25, -0.2) is 4.79 Å². The molecule has 1 rings (SSSR count). The van der Waals surface area contributed by atoms with E-state index < -0.39 is 10.9 Å². The summed E-state index contributed by atoms with van der Waals surface area (Å²) in [5, 5.41) is 13.9. The summed E-state index contributed by atoms with van der Waals surface area (Å²) < 4.78 is 5.17. The zero-order valence-electron chi connectivity index (χ0n) is 14.6. The van der Waals surface area contributed by atoms with Gasteiger partial charge in [0.15, 0.2) is 0 Å². The van der Waals surface area contributed by atoms with Gasteiger partial charge in [0.2, 0.25) is 0 Å². The second-order valence-corrected chi connectivity index (χ2v) is 6.00. The van der Waals surface area contributed by atoms with Crippen LogP contribution in [0.3, 0.4) is 0 Å². The lowest BCUT2D eigenvalue weighted by molar-refractivity contribution is -0.384. The minimum Gasteiger partial charge on any atom is -0.461 e. The van der Waals surface area contributed by atoms with E-state index >= 15 is 0 Å². The second-order valence-electron chi connectivity index (χ2n) is 6.00. The molecular weight excluding hydrogens is 308 g/mol. The van der Waals surface area contributed by atoms with E-state index in [1.807, 2.05) is 0 Å². The summed E-state index contributed by atoms with van der Waals surface area (Å²) in [5.74, 6) is -0.459. The Balaban J connectivity index is 2.15. The molecule has 0 spiro atoms. The van der Waals surface area contributed by atoms with E-state index in [1.165, 1.54) is 56.4 Å². The van der Waals surface area contributed by atoms with Crippen LogP contribution in [0.2, 0.25) is 0 Å². The topological polar surface area (TPSA) is 81.5 Å². The largest absolute Gasteiger partial charge is 0.461 e. The molecule has 134 valence electrons. The van der Waals surface area contributed by atoms with Gasteiger partial charge in [-0.05, 0) is 25.5 Å². The summed E-state index contributed by atoms with van der Waals surface area (Å²) in [7, 11) is 0. The Morgan fingerprint density at radius 1 is 1.21 bits per heavy atom. The van der Waals surface area contributed by atoms with Crippen molar-refractivity contribution < 1.29 is 14.5 Å².